The molecule has 0 saturated carbocycles. The normalized spacial score (nSPS) is 11.5. The van der Waals surface area contributed by atoms with Gasteiger partial charge in [0, 0.05) is 12.1 Å². The lowest BCUT2D eigenvalue weighted by atomic mass is 9.91. The van der Waals surface area contributed by atoms with Gasteiger partial charge in [0.2, 0.25) is 0 Å². The molecule has 0 heterocycles. The fourth-order valence-corrected chi connectivity index (χ4v) is 2.83. The predicted molar refractivity (Wildman–Crippen MR) is 127 cm³/mol. The molecule has 0 fully saturated rings. The Morgan fingerprint density at radius 2 is 1.44 bits per heavy atom. The largest absolute Gasteiger partial charge is 0.494 e. The molecule has 6 heteroatoms. The van der Waals surface area contributed by atoms with E-state index in [4.69, 9.17) is 9.47 Å². The maximum absolute atomic E-state index is 11.9. The molecule has 0 saturated heterocycles. The fourth-order valence-electron chi connectivity index (χ4n) is 2.83. The average Bonchev–Trinajstić information content (AvgIpc) is 2.80. The van der Waals surface area contributed by atoms with Gasteiger partial charge in [-0.25, -0.2) is 0 Å². The highest BCUT2D eigenvalue weighted by atomic mass is 16.6. The number of nitro groups is 1. The van der Waals surface area contributed by atoms with E-state index in [0.29, 0.717) is 13.2 Å². The number of unbranched alkanes of at least 4 members (excludes halogenated alkanes) is 3. The van der Waals surface area contributed by atoms with E-state index in [0.717, 1.165) is 49.0 Å². The summed E-state index contributed by atoms with van der Waals surface area (Å²) in [7, 11) is 0. The molecule has 0 aliphatic rings. The molecule has 0 unspecified atom stereocenters. The molecular formula is C26H33NO5. The van der Waals surface area contributed by atoms with Crippen molar-refractivity contribution in [1.29, 1.82) is 0 Å². The maximum Gasteiger partial charge on any atom is 0.311 e. The smallest absolute Gasteiger partial charge is 0.311 e. The van der Waals surface area contributed by atoms with Crippen molar-refractivity contribution in [3.05, 3.63) is 69.8 Å². The number of nitro benzene ring substituents is 1. The molecule has 172 valence electrons. The summed E-state index contributed by atoms with van der Waals surface area (Å²) in [5.41, 5.74) is 1.61. The topological polar surface area (TPSA) is 78.7 Å². The Morgan fingerprint density at radius 3 is 1.97 bits per heavy atom. The van der Waals surface area contributed by atoms with Crippen LogP contribution >= 0.6 is 0 Å². The maximum atomic E-state index is 11.9. The minimum absolute atomic E-state index is 0.0862. The zero-order chi connectivity index (χ0) is 23.4. The van der Waals surface area contributed by atoms with Gasteiger partial charge < -0.3 is 9.47 Å². The van der Waals surface area contributed by atoms with Crippen molar-refractivity contribution in [2.45, 2.75) is 52.9 Å². The van der Waals surface area contributed by atoms with Crippen molar-refractivity contribution in [2.75, 3.05) is 13.2 Å². The first-order valence-electron chi connectivity index (χ1n) is 11.1. The molecule has 0 aliphatic carbocycles. The van der Waals surface area contributed by atoms with Gasteiger partial charge in [-0.2, -0.15) is 0 Å². The van der Waals surface area contributed by atoms with Gasteiger partial charge in [0.15, 0.2) is 0 Å². The predicted octanol–water partition coefficient (Wildman–Crippen LogP) is 6.68. The van der Waals surface area contributed by atoms with Crippen LogP contribution in [-0.2, 0) is 9.53 Å². The van der Waals surface area contributed by atoms with Gasteiger partial charge in [0.1, 0.15) is 5.75 Å². The first-order valence-corrected chi connectivity index (χ1v) is 11.1. The van der Waals surface area contributed by atoms with Gasteiger partial charge in [-0.15, -0.1) is 0 Å². The van der Waals surface area contributed by atoms with Gasteiger partial charge in [0.25, 0.3) is 5.69 Å². The number of nitrogens with zero attached hydrogens (tertiary/aromatic N) is 1. The quantitative estimate of drug-likeness (QED) is 0.114. The summed E-state index contributed by atoms with van der Waals surface area (Å²) in [4.78, 5) is 22.2. The number of carbonyl (C=O) groups excluding carboxylic acids is 1. The molecule has 0 bridgehead atoms. The van der Waals surface area contributed by atoms with Gasteiger partial charge in [-0.05, 0) is 81.3 Å². The van der Waals surface area contributed by atoms with E-state index in [1.165, 1.54) is 12.1 Å². The molecule has 0 aromatic heterocycles. The molecular weight excluding hydrogens is 406 g/mol. The van der Waals surface area contributed by atoms with Crippen molar-refractivity contribution >= 4 is 23.8 Å². The summed E-state index contributed by atoms with van der Waals surface area (Å²) >= 11 is 0. The lowest BCUT2D eigenvalue weighted by Crippen LogP contribution is -2.26. The summed E-state index contributed by atoms with van der Waals surface area (Å²) in [6, 6.07) is 14.3. The number of ether oxygens (including phenoxy) is 2. The van der Waals surface area contributed by atoms with E-state index in [9.17, 15) is 14.9 Å². The van der Waals surface area contributed by atoms with E-state index < -0.39 is 10.3 Å². The second kappa shape index (κ2) is 12.6. The van der Waals surface area contributed by atoms with Crippen molar-refractivity contribution < 1.29 is 19.2 Å². The van der Waals surface area contributed by atoms with E-state index in [1.54, 1.807) is 12.1 Å². The minimum atomic E-state index is -0.405. The van der Waals surface area contributed by atoms with E-state index in [2.05, 4.69) is 0 Å². The van der Waals surface area contributed by atoms with Crippen molar-refractivity contribution in [3.8, 4) is 5.75 Å². The summed E-state index contributed by atoms with van der Waals surface area (Å²) < 4.78 is 11.1. The lowest BCUT2D eigenvalue weighted by molar-refractivity contribution is -0.384. The first-order chi connectivity index (χ1) is 15.3. The molecule has 0 amide bonds. The minimum Gasteiger partial charge on any atom is -0.494 e. The highest BCUT2D eigenvalue weighted by Crippen LogP contribution is 2.21. The molecule has 0 radical (unpaired) electrons. The Labute approximate surface area is 190 Å². The zero-order valence-electron chi connectivity index (χ0n) is 19.2. The number of esters is 1. The van der Waals surface area contributed by atoms with Crippen LogP contribution in [0.3, 0.4) is 0 Å². The monoisotopic (exact) mass is 439 g/mol. The Balaban J connectivity index is 1.62. The van der Waals surface area contributed by atoms with Crippen LogP contribution in [0.5, 0.6) is 5.75 Å². The Bertz CT molecular complexity index is 885. The third-order valence-electron chi connectivity index (χ3n) is 5.43. The van der Waals surface area contributed by atoms with Crippen molar-refractivity contribution in [2.24, 2.45) is 5.41 Å². The van der Waals surface area contributed by atoms with E-state index in [-0.39, 0.29) is 11.7 Å². The molecule has 0 N–H and O–H groups in total. The second-order valence-corrected chi connectivity index (χ2v) is 8.39. The molecule has 32 heavy (non-hydrogen) atoms. The van der Waals surface area contributed by atoms with Crippen LogP contribution in [0.1, 0.15) is 64.0 Å². The molecule has 2 rings (SSSR count). The number of hydrogen-bond acceptors (Lipinski definition) is 5. The summed E-state index contributed by atoms with van der Waals surface area (Å²) in [6.07, 6.45) is 8.53. The van der Waals surface area contributed by atoms with Crippen LogP contribution in [0.15, 0.2) is 48.5 Å². The Kier molecular flexibility index (Phi) is 9.92. The van der Waals surface area contributed by atoms with Crippen LogP contribution in [-0.4, -0.2) is 24.1 Å². The van der Waals surface area contributed by atoms with Crippen LogP contribution < -0.4 is 4.74 Å². The number of carbonyl (C=O) groups is 1. The third kappa shape index (κ3) is 8.53. The highest BCUT2D eigenvalue weighted by molar-refractivity contribution is 5.75. The van der Waals surface area contributed by atoms with Crippen LogP contribution in [0.25, 0.3) is 12.2 Å². The SMILES string of the molecule is CCC(C)(C)C(=O)OCCCCCCOc1ccc(/C=C/c2ccc([N+](=O)[O-])cc2)cc1. The molecule has 0 aliphatic heterocycles. The summed E-state index contributed by atoms with van der Waals surface area (Å²) in [6.45, 7) is 6.95. The molecule has 0 atom stereocenters. The number of rotatable bonds is 13. The number of hydrogen-bond donors (Lipinski definition) is 0. The van der Waals surface area contributed by atoms with Crippen LogP contribution in [0.4, 0.5) is 5.69 Å². The second-order valence-electron chi connectivity index (χ2n) is 8.39. The Hall–Kier alpha value is -3.15. The van der Waals surface area contributed by atoms with Gasteiger partial charge >= 0.3 is 5.97 Å². The van der Waals surface area contributed by atoms with Crippen LogP contribution in [0, 0.1) is 15.5 Å². The van der Waals surface area contributed by atoms with E-state index >= 15 is 0 Å². The average molecular weight is 440 g/mol. The zero-order valence-corrected chi connectivity index (χ0v) is 19.2. The fraction of sp³-hybridized carbons (Fsp3) is 0.423. The summed E-state index contributed by atoms with van der Waals surface area (Å²) in [5.74, 6) is 0.711. The lowest BCUT2D eigenvalue weighted by Gasteiger charge is -2.20. The van der Waals surface area contributed by atoms with Crippen molar-refractivity contribution in [3.63, 3.8) is 0 Å². The highest BCUT2D eigenvalue weighted by Gasteiger charge is 2.26. The van der Waals surface area contributed by atoms with E-state index in [1.807, 2.05) is 57.2 Å². The van der Waals surface area contributed by atoms with Gasteiger partial charge in [-0.1, -0.05) is 31.2 Å². The Morgan fingerprint density at radius 1 is 0.906 bits per heavy atom. The molecule has 2 aromatic carbocycles. The molecule has 2 aromatic rings. The first kappa shape index (κ1) is 25.1. The van der Waals surface area contributed by atoms with Crippen molar-refractivity contribution in [1.82, 2.24) is 0 Å². The standard InChI is InChI=1S/C26H33NO5/c1-4-26(2,3)25(28)32-20-8-6-5-7-19-31-24-17-13-22(14-18-24)10-9-21-11-15-23(16-12-21)27(29)30/h9-18H,4-8,19-20H2,1-3H3/b10-9+. The third-order valence-corrected chi connectivity index (χ3v) is 5.43. The number of benzene rings is 2. The number of non-ortho nitro benzene ring substituents is 1. The van der Waals surface area contributed by atoms with Crippen LogP contribution in [0.2, 0.25) is 0 Å². The molecule has 0 spiro atoms. The molecule has 6 nitrogen and oxygen atoms in total. The van der Waals surface area contributed by atoms with Gasteiger partial charge in [-0.3, -0.25) is 14.9 Å². The van der Waals surface area contributed by atoms with Gasteiger partial charge in [0.05, 0.1) is 23.6 Å². The summed E-state index contributed by atoms with van der Waals surface area (Å²) in [5, 5.41) is 10.7.